The number of hydrogen-bond acceptors (Lipinski definition) is 2. The van der Waals surface area contributed by atoms with Crippen molar-refractivity contribution in [2.24, 2.45) is 0 Å². The van der Waals surface area contributed by atoms with E-state index in [9.17, 15) is 9.18 Å². The average molecular weight is 309 g/mol. The first-order valence-electron chi connectivity index (χ1n) is 5.28. The number of benzene rings is 2. The zero-order valence-electron chi connectivity index (χ0n) is 9.61. The Hall–Kier alpha value is -1.68. The van der Waals surface area contributed by atoms with Crippen molar-refractivity contribution in [3.8, 4) is 11.5 Å². The SMILES string of the molecule is Cc1cc(Br)ccc1Oc1cc(F)cc(C=O)c1. The molecule has 18 heavy (non-hydrogen) atoms. The lowest BCUT2D eigenvalue weighted by molar-refractivity contribution is 0.112. The van der Waals surface area contributed by atoms with Crippen molar-refractivity contribution in [3.05, 3.63) is 57.8 Å². The van der Waals surface area contributed by atoms with Crippen LogP contribution in [0.25, 0.3) is 0 Å². The highest BCUT2D eigenvalue weighted by Gasteiger charge is 2.05. The first-order chi connectivity index (χ1) is 8.58. The lowest BCUT2D eigenvalue weighted by Crippen LogP contribution is -1.91. The number of hydrogen-bond donors (Lipinski definition) is 0. The highest BCUT2D eigenvalue weighted by atomic mass is 79.9. The van der Waals surface area contributed by atoms with E-state index in [0.717, 1.165) is 16.1 Å². The number of carbonyl (C=O) groups excluding carboxylic acids is 1. The van der Waals surface area contributed by atoms with E-state index in [1.807, 2.05) is 19.1 Å². The van der Waals surface area contributed by atoms with Gasteiger partial charge in [0.1, 0.15) is 23.6 Å². The second kappa shape index (κ2) is 5.31. The van der Waals surface area contributed by atoms with Crippen molar-refractivity contribution in [2.75, 3.05) is 0 Å². The van der Waals surface area contributed by atoms with Gasteiger partial charge in [0.25, 0.3) is 0 Å². The molecule has 0 unspecified atom stereocenters. The predicted octanol–water partition coefficient (Wildman–Crippen LogP) is 4.50. The molecule has 0 aliphatic rings. The summed E-state index contributed by atoms with van der Waals surface area (Å²) in [6.07, 6.45) is 0.588. The summed E-state index contributed by atoms with van der Waals surface area (Å²) >= 11 is 3.35. The fraction of sp³-hybridized carbons (Fsp3) is 0.0714. The van der Waals surface area contributed by atoms with E-state index >= 15 is 0 Å². The Morgan fingerprint density at radius 3 is 2.67 bits per heavy atom. The molecule has 0 aromatic heterocycles. The topological polar surface area (TPSA) is 26.3 Å². The number of rotatable bonds is 3. The molecule has 0 aliphatic heterocycles. The fourth-order valence-corrected chi connectivity index (χ4v) is 2.04. The normalized spacial score (nSPS) is 10.2. The maximum atomic E-state index is 13.2. The van der Waals surface area contributed by atoms with Crippen LogP contribution >= 0.6 is 15.9 Å². The quantitative estimate of drug-likeness (QED) is 0.780. The highest BCUT2D eigenvalue weighted by Crippen LogP contribution is 2.28. The Morgan fingerprint density at radius 1 is 1.22 bits per heavy atom. The zero-order valence-corrected chi connectivity index (χ0v) is 11.2. The Bertz CT molecular complexity index is 596. The van der Waals surface area contributed by atoms with Crippen molar-refractivity contribution in [2.45, 2.75) is 6.92 Å². The molecular formula is C14H10BrFO2. The molecule has 0 saturated carbocycles. The van der Waals surface area contributed by atoms with Crippen LogP contribution in [0, 0.1) is 12.7 Å². The lowest BCUT2D eigenvalue weighted by atomic mass is 10.2. The fourth-order valence-electron chi connectivity index (χ4n) is 1.57. The lowest BCUT2D eigenvalue weighted by Gasteiger charge is -2.09. The Kier molecular flexibility index (Phi) is 3.77. The summed E-state index contributed by atoms with van der Waals surface area (Å²) in [6, 6.07) is 9.42. The maximum absolute atomic E-state index is 13.2. The minimum absolute atomic E-state index is 0.250. The van der Waals surface area contributed by atoms with E-state index in [0.29, 0.717) is 17.8 Å². The van der Waals surface area contributed by atoms with Gasteiger partial charge in [-0.15, -0.1) is 0 Å². The van der Waals surface area contributed by atoms with Crippen molar-refractivity contribution in [3.63, 3.8) is 0 Å². The largest absolute Gasteiger partial charge is 0.457 e. The third kappa shape index (κ3) is 2.96. The van der Waals surface area contributed by atoms with Gasteiger partial charge in [0.05, 0.1) is 0 Å². The molecule has 0 amide bonds. The molecule has 0 N–H and O–H groups in total. The molecule has 0 saturated heterocycles. The third-order valence-electron chi connectivity index (χ3n) is 2.39. The van der Waals surface area contributed by atoms with Crippen LogP contribution in [0.3, 0.4) is 0 Å². The van der Waals surface area contributed by atoms with Gasteiger partial charge in [0, 0.05) is 16.1 Å². The molecule has 0 aliphatic carbocycles. The van der Waals surface area contributed by atoms with Gasteiger partial charge in [-0.1, -0.05) is 15.9 Å². The van der Waals surface area contributed by atoms with Gasteiger partial charge >= 0.3 is 0 Å². The van der Waals surface area contributed by atoms with Crippen molar-refractivity contribution in [1.29, 1.82) is 0 Å². The molecule has 4 heteroatoms. The van der Waals surface area contributed by atoms with E-state index in [-0.39, 0.29) is 5.56 Å². The number of aryl methyl sites for hydroxylation is 1. The molecule has 92 valence electrons. The van der Waals surface area contributed by atoms with Crippen LogP contribution in [0.2, 0.25) is 0 Å². The second-order valence-corrected chi connectivity index (χ2v) is 4.77. The van der Waals surface area contributed by atoms with Crippen LogP contribution in [0.5, 0.6) is 11.5 Å². The summed E-state index contributed by atoms with van der Waals surface area (Å²) < 4.78 is 19.7. The minimum Gasteiger partial charge on any atom is -0.457 e. The van der Waals surface area contributed by atoms with Gasteiger partial charge in [0.15, 0.2) is 0 Å². The van der Waals surface area contributed by atoms with E-state index < -0.39 is 5.82 Å². The van der Waals surface area contributed by atoms with Gasteiger partial charge in [-0.2, -0.15) is 0 Å². The molecule has 2 aromatic carbocycles. The molecular weight excluding hydrogens is 299 g/mol. The van der Waals surface area contributed by atoms with E-state index in [4.69, 9.17) is 4.74 Å². The summed E-state index contributed by atoms with van der Waals surface area (Å²) in [6.45, 7) is 1.89. The van der Waals surface area contributed by atoms with Crippen LogP contribution in [0.4, 0.5) is 4.39 Å². The van der Waals surface area contributed by atoms with E-state index in [1.165, 1.54) is 12.1 Å². The van der Waals surface area contributed by atoms with Gasteiger partial charge in [0.2, 0.25) is 0 Å². The molecule has 0 fully saturated rings. The monoisotopic (exact) mass is 308 g/mol. The number of halogens is 2. The summed E-state index contributed by atoms with van der Waals surface area (Å²) in [7, 11) is 0. The third-order valence-corrected chi connectivity index (χ3v) is 2.89. The molecule has 2 rings (SSSR count). The average Bonchev–Trinajstić information content (AvgIpc) is 2.32. The molecule has 0 radical (unpaired) electrons. The maximum Gasteiger partial charge on any atom is 0.150 e. The van der Waals surface area contributed by atoms with Crippen LogP contribution in [0.1, 0.15) is 15.9 Å². The van der Waals surface area contributed by atoms with E-state index in [2.05, 4.69) is 15.9 Å². The Morgan fingerprint density at radius 2 is 2.00 bits per heavy atom. The smallest absolute Gasteiger partial charge is 0.150 e. The second-order valence-electron chi connectivity index (χ2n) is 3.85. The summed E-state index contributed by atoms with van der Waals surface area (Å²) in [5.74, 6) is 0.438. The van der Waals surface area contributed by atoms with Gasteiger partial charge in [-0.25, -0.2) is 4.39 Å². The van der Waals surface area contributed by atoms with Crippen LogP contribution < -0.4 is 4.74 Å². The zero-order chi connectivity index (χ0) is 13.1. The molecule has 0 bridgehead atoms. The Balaban J connectivity index is 2.33. The van der Waals surface area contributed by atoms with E-state index in [1.54, 1.807) is 6.07 Å². The van der Waals surface area contributed by atoms with Crippen molar-refractivity contribution in [1.82, 2.24) is 0 Å². The van der Waals surface area contributed by atoms with Gasteiger partial charge < -0.3 is 4.74 Å². The standard InChI is InChI=1S/C14H10BrFO2/c1-9-4-11(15)2-3-14(9)18-13-6-10(8-17)5-12(16)7-13/h2-8H,1H3. The van der Waals surface area contributed by atoms with Gasteiger partial charge in [-0.3, -0.25) is 4.79 Å². The molecule has 0 atom stereocenters. The molecule has 0 spiro atoms. The highest BCUT2D eigenvalue weighted by molar-refractivity contribution is 9.10. The molecule has 2 aromatic rings. The number of carbonyl (C=O) groups is 1. The number of ether oxygens (including phenoxy) is 1. The first kappa shape index (κ1) is 12.8. The van der Waals surface area contributed by atoms with Gasteiger partial charge in [-0.05, 0) is 42.8 Å². The van der Waals surface area contributed by atoms with Crippen LogP contribution in [-0.4, -0.2) is 6.29 Å². The summed E-state index contributed by atoms with van der Waals surface area (Å²) in [5.41, 5.74) is 1.17. The summed E-state index contributed by atoms with van der Waals surface area (Å²) in [4.78, 5) is 10.6. The molecule has 0 heterocycles. The van der Waals surface area contributed by atoms with Crippen LogP contribution in [0.15, 0.2) is 40.9 Å². The van der Waals surface area contributed by atoms with Crippen LogP contribution in [-0.2, 0) is 0 Å². The van der Waals surface area contributed by atoms with Crippen molar-refractivity contribution >= 4 is 22.2 Å². The number of aldehydes is 1. The summed E-state index contributed by atoms with van der Waals surface area (Å²) in [5, 5.41) is 0. The minimum atomic E-state index is -0.496. The molecule has 2 nitrogen and oxygen atoms in total. The predicted molar refractivity (Wildman–Crippen MR) is 70.7 cm³/mol. The van der Waals surface area contributed by atoms with Crippen molar-refractivity contribution < 1.29 is 13.9 Å². The first-order valence-corrected chi connectivity index (χ1v) is 6.07. The Labute approximate surface area is 113 Å².